The van der Waals surface area contributed by atoms with Crippen LogP contribution < -0.4 is 10.6 Å². The average Bonchev–Trinajstić information content (AvgIpc) is 2.41. The van der Waals surface area contributed by atoms with E-state index in [1.165, 1.54) is 11.3 Å². The minimum Gasteiger partial charge on any atom is -0.398 e. The Labute approximate surface area is 117 Å². The van der Waals surface area contributed by atoms with Crippen molar-refractivity contribution in [2.75, 3.05) is 17.2 Å². The molecule has 2 aromatic carbocycles. The third-order valence-corrected chi connectivity index (χ3v) is 3.63. The summed E-state index contributed by atoms with van der Waals surface area (Å²) in [7, 11) is 0. The third kappa shape index (κ3) is 3.05. The quantitative estimate of drug-likeness (QED) is 0.863. The minimum absolute atomic E-state index is 0.779. The zero-order valence-electron chi connectivity index (χ0n) is 10.4. The molecule has 0 bridgehead atoms. The fraction of sp³-hybridized carbons (Fsp3) is 0.200. The molecule has 0 aliphatic heterocycles. The first-order valence-electron chi connectivity index (χ1n) is 6.04. The Bertz CT molecular complexity index is 511. The van der Waals surface area contributed by atoms with Gasteiger partial charge in [0.05, 0.1) is 0 Å². The van der Waals surface area contributed by atoms with Crippen molar-refractivity contribution in [2.45, 2.75) is 13.5 Å². The number of halogens is 1. The van der Waals surface area contributed by atoms with Gasteiger partial charge in [-0.1, -0.05) is 24.3 Å². The van der Waals surface area contributed by atoms with E-state index < -0.39 is 0 Å². The van der Waals surface area contributed by atoms with Crippen molar-refractivity contribution in [1.82, 2.24) is 0 Å². The summed E-state index contributed by atoms with van der Waals surface area (Å²) in [5, 5.41) is 0. The Hall–Kier alpha value is -1.48. The van der Waals surface area contributed by atoms with Gasteiger partial charge >= 0.3 is 0 Å². The molecule has 2 N–H and O–H groups in total. The van der Waals surface area contributed by atoms with Gasteiger partial charge in [0.1, 0.15) is 0 Å². The van der Waals surface area contributed by atoms with Crippen LogP contribution in [0.2, 0.25) is 0 Å². The highest BCUT2D eigenvalue weighted by Gasteiger charge is 2.05. The van der Waals surface area contributed by atoms with Crippen LogP contribution in [0.4, 0.5) is 11.4 Å². The molecule has 2 rings (SSSR count). The standard InChI is InChI=1S/C15H17BrN2/c1-2-18(13-6-4-3-5-7-13)11-12-8-9-15(17)14(16)10-12/h3-10H,2,11,17H2,1H3. The molecule has 94 valence electrons. The van der Waals surface area contributed by atoms with Gasteiger partial charge in [-0.05, 0) is 52.7 Å². The van der Waals surface area contributed by atoms with Crippen LogP contribution in [0.15, 0.2) is 53.0 Å². The van der Waals surface area contributed by atoms with Crippen molar-refractivity contribution in [3.05, 3.63) is 58.6 Å². The molecular weight excluding hydrogens is 288 g/mol. The Kier molecular flexibility index (Phi) is 4.26. The van der Waals surface area contributed by atoms with E-state index in [0.717, 1.165) is 23.2 Å². The van der Waals surface area contributed by atoms with Gasteiger partial charge in [-0.15, -0.1) is 0 Å². The summed E-state index contributed by atoms with van der Waals surface area (Å²) >= 11 is 3.47. The molecule has 0 amide bonds. The van der Waals surface area contributed by atoms with Crippen molar-refractivity contribution in [1.29, 1.82) is 0 Å². The summed E-state index contributed by atoms with van der Waals surface area (Å²) in [6.07, 6.45) is 0. The van der Waals surface area contributed by atoms with Crippen molar-refractivity contribution in [3.63, 3.8) is 0 Å². The summed E-state index contributed by atoms with van der Waals surface area (Å²) < 4.78 is 0.962. The van der Waals surface area contributed by atoms with E-state index in [-0.39, 0.29) is 0 Å². The van der Waals surface area contributed by atoms with Gasteiger partial charge in [-0.2, -0.15) is 0 Å². The first-order chi connectivity index (χ1) is 8.70. The number of nitrogen functional groups attached to an aromatic ring is 1. The summed E-state index contributed by atoms with van der Waals surface area (Å²) in [5.74, 6) is 0. The molecule has 18 heavy (non-hydrogen) atoms. The van der Waals surface area contributed by atoms with Crippen LogP contribution in [-0.2, 0) is 6.54 Å². The lowest BCUT2D eigenvalue weighted by atomic mass is 10.2. The van der Waals surface area contributed by atoms with Crippen LogP contribution in [0.5, 0.6) is 0 Å². The number of rotatable bonds is 4. The van der Waals surface area contributed by atoms with Crippen LogP contribution in [0, 0.1) is 0 Å². The molecule has 0 aliphatic carbocycles. The number of para-hydroxylation sites is 1. The second-order valence-corrected chi connectivity index (χ2v) is 5.06. The Morgan fingerprint density at radius 2 is 1.83 bits per heavy atom. The molecule has 0 saturated carbocycles. The number of nitrogens with two attached hydrogens (primary N) is 1. The van der Waals surface area contributed by atoms with Crippen LogP contribution in [0.3, 0.4) is 0 Å². The van der Waals surface area contributed by atoms with Gasteiger partial charge < -0.3 is 10.6 Å². The fourth-order valence-corrected chi connectivity index (χ4v) is 2.34. The first-order valence-corrected chi connectivity index (χ1v) is 6.84. The first kappa shape index (κ1) is 13.0. The molecule has 0 atom stereocenters. The smallest absolute Gasteiger partial charge is 0.0458 e. The number of hydrogen-bond donors (Lipinski definition) is 1. The van der Waals surface area contributed by atoms with Gasteiger partial charge in [-0.25, -0.2) is 0 Å². The fourth-order valence-electron chi connectivity index (χ4n) is 1.91. The van der Waals surface area contributed by atoms with E-state index in [1.807, 2.05) is 12.1 Å². The van der Waals surface area contributed by atoms with E-state index in [9.17, 15) is 0 Å². The van der Waals surface area contributed by atoms with E-state index in [1.54, 1.807) is 0 Å². The number of nitrogens with zero attached hydrogens (tertiary/aromatic N) is 1. The zero-order chi connectivity index (χ0) is 13.0. The van der Waals surface area contributed by atoms with Crippen molar-refractivity contribution in [3.8, 4) is 0 Å². The number of anilines is 2. The largest absolute Gasteiger partial charge is 0.398 e. The molecule has 0 fully saturated rings. The Morgan fingerprint density at radius 3 is 2.44 bits per heavy atom. The van der Waals surface area contributed by atoms with Crippen LogP contribution in [0.25, 0.3) is 0 Å². The zero-order valence-corrected chi connectivity index (χ0v) is 12.0. The maximum absolute atomic E-state index is 5.80. The number of hydrogen-bond acceptors (Lipinski definition) is 2. The minimum atomic E-state index is 0.779. The number of benzene rings is 2. The third-order valence-electron chi connectivity index (χ3n) is 2.94. The lowest BCUT2D eigenvalue weighted by Gasteiger charge is -2.23. The summed E-state index contributed by atoms with van der Waals surface area (Å²) in [5.41, 5.74) is 9.08. The highest BCUT2D eigenvalue weighted by molar-refractivity contribution is 9.10. The molecule has 0 unspecified atom stereocenters. The molecular formula is C15H17BrN2. The molecule has 0 aliphatic rings. The van der Waals surface area contributed by atoms with E-state index in [2.05, 4.69) is 64.2 Å². The maximum Gasteiger partial charge on any atom is 0.0458 e. The highest BCUT2D eigenvalue weighted by atomic mass is 79.9. The molecule has 0 aromatic heterocycles. The second-order valence-electron chi connectivity index (χ2n) is 4.21. The Balaban J connectivity index is 2.18. The molecule has 0 radical (unpaired) electrons. The highest BCUT2D eigenvalue weighted by Crippen LogP contribution is 2.23. The monoisotopic (exact) mass is 304 g/mol. The molecule has 2 nitrogen and oxygen atoms in total. The van der Waals surface area contributed by atoms with Crippen LogP contribution >= 0.6 is 15.9 Å². The van der Waals surface area contributed by atoms with Crippen molar-refractivity contribution < 1.29 is 0 Å². The topological polar surface area (TPSA) is 29.3 Å². The lowest BCUT2D eigenvalue weighted by molar-refractivity contribution is 0.832. The predicted molar refractivity (Wildman–Crippen MR) is 81.7 cm³/mol. The van der Waals surface area contributed by atoms with Crippen molar-refractivity contribution in [2.24, 2.45) is 0 Å². The van der Waals surface area contributed by atoms with E-state index >= 15 is 0 Å². The summed E-state index contributed by atoms with van der Waals surface area (Å²) in [6.45, 7) is 4.03. The predicted octanol–water partition coefficient (Wildman–Crippen LogP) is 4.06. The van der Waals surface area contributed by atoms with Crippen molar-refractivity contribution >= 4 is 27.3 Å². The van der Waals surface area contributed by atoms with Gasteiger partial charge in [0.15, 0.2) is 0 Å². The van der Waals surface area contributed by atoms with Crippen LogP contribution in [-0.4, -0.2) is 6.54 Å². The lowest BCUT2D eigenvalue weighted by Crippen LogP contribution is -2.21. The van der Waals surface area contributed by atoms with Gasteiger partial charge in [0.2, 0.25) is 0 Å². The van der Waals surface area contributed by atoms with E-state index in [0.29, 0.717) is 0 Å². The molecule has 0 saturated heterocycles. The molecule has 0 heterocycles. The average molecular weight is 305 g/mol. The van der Waals surface area contributed by atoms with Gasteiger partial charge in [0.25, 0.3) is 0 Å². The van der Waals surface area contributed by atoms with E-state index in [4.69, 9.17) is 5.73 Å². The van der Waals surface area contributed by atoms with Gasteiger partial charge in [-0.3, -0.25) is 0 Å². The summed E-state index contributed by atoms with van der Waals surface area (Å²) in [4.78, 5) is 2.33. The normalized spacial score (nSPS) is 10.3. The summed E-state index contributed by atoms with van der Waals surface area (Å²) in [6, 6.07) is 16.5. The second kappa shape index (κ2) is 5.91. The molecule has 0 spiro atoms. The van der Waals surface area contributed by atoms with Crippen LogP contribution in [0.1, 0.15) is 12.5 Å². The SMILES string of the molecule is CCN(Cc1ccc(N)c(Br)c1)c1ccccc1. The molecule has 3 heteroatoms. The molecule has 2 aromatic rings. The van der Waals surface area contributed by atoms with Gasteiger partial charge in [0, 0.05) is 28.9 Å². The maximum atomic E-state index is 5.80. The Morgan fingerprint density at radius 1 is 1.11 bits per heavy atom.